The fourth-order valence-electron chi connectivity index (χ4n) is 4.92. The van der Waals surface area contributed by atoms with Crippen LogP contribution in [-0.4, -0.2) is 54.0 Å². The van der Waals surface area contributed by atoms with Crippen LogP contribution in [0.3, 0.4) is 0 Å². The minimum Gasteiger partial charge on any atom is -0.480 e. The highest BCUT2D eigenvalue weighted by Gasteiger charge is 2.43. The maximum atomic E-state index is 12.8. The lowest BCUT2D eigenvalue weighted by Crippen LogP contribution is -2.52. The zero-order valence-electron chi connectivity index (χ0n) is 18.3. The van der Waals surface area contributed by atoms with Gasteiger partial charge in [0, 0.05) is 12.5 Å². The first kappa shape index (κ1) is 22.8. The molecule has 4 rings (SSSR count). The lowest BCUT2D eigenvalue weighted by atomic mass is 9.84. The molecule has 1 saturated carbocycles. The van der Waals surface area contributed by atoms with Crippen LogP contribution in [-0.2, 0) is 14.3 Å². The fourth-order valence-corrected chi connectivity index (χ4v) is 4.92. The number of hydrogen-bond donors (Lipinski definition) is 4. The molecule has 8 heteroatoms. The Morgan fingerprint density at radius 2 is 1.58 bits per heavy atom. The van der Waals surface area contributed by atoms with E-state index in [9.17, 15) is 19.5 Å². The minimum atomic E-state index is -1.37. The third-order valence-corrected chi connectivity index (χ3v) is 6.74. The van der Waals surface area contributed by atoms with E-state index in [0.717, 1.165) is 35.1 Å². The number of amides is 2. The summed E-state index contributed by atoms with van der Waals surface area (Å²) in [5, 5.41) is 23.4. The molecule has 0 bridgehead atoms. The summed E-state index contributed by atoms with van der Waals surface area (Å²) in [6, 6.07) is 14.8. The third kappa shape index (κ3) is 4.57. The number of aliphatic hydroxyl groups is 1. The molecule has 1 fully saturated rings. The van der Waals surface area contributed by atoms with E-state index in [1.54, 1.807) is 0 Å². The molecule has 2 aliphatic carbocycles. The van der Waals surface area contributed by atoms with Gasteiger partial charge in [-0.1, -0.05) is 61.4 Å². The second-order valence-electron chi connectivity index (χ2n) is 8.71. The second-order valence-corrected chi connectivity index (χ2v) is 8.71. The van der Waals surface area contributed by atoms with Crippen LogP contribution in [0.5, 0.6) is 0 Å². The highest BCUT2D eigenvalue weighted by atomic mass is 16.5. The Balaban J connectivity index is 1.38. The minimum absolute atomic E-state index is 0.0489. The monoisotopic (exact) mass is 452 g/mol. The molecule has 1 unspecified atom stereocenters. The molecule has 0 saturated heterocycles. The van der Waals surface area contributed by atoms with Crippen LogP contribution in [0.2, 0.25) is 0 Å². The van der Waals surface area contributed by atoms with Crippen LogP contribution in [0.15, 0.2) is 48.5 Å². The summed E-state index contributed by atoms with van der Waals surface area (Å²) < 4.78 is 5.55. The van der Waals surface area contributed by atoms with Crippen molar-refractivity contribution in [3.05, 3.63) is 59.7 Å². The molecule has 2 amide bonds. The van der Waals surface area contributed by atoms with E-state index in [2.05, 4.69) is 22.8 Å². The van der Waals surface area contributed by atoms with Crippen molar-refractivity contribution < 1.29 is 29.3 Å². The van der Waals surface area contributed by atoms with E-state index in [4.69, 9.17) is 9.84 Å². The van der Waals surface area contributed by atoms with Gasteiger partial charge in [0.1, 0.15) is 12.6 Å². The number of benzene rings is 2. The number of hydrogen-bond acceptors (Lipinski definition) is 5. The molecule has 0 aromatic heterocycles. The molecular formula is C25H28N2O6. The molecule has 8 nitrogen and oxygen atoms in total. The number of carbonyl (C=O) groups excluding carboxylic acids is 2. The molecule has 1 atom stereocenters. The predicted molar refractivity (Wildman–Crippen MR) is 121 cm³/mol. The summed E-state index contributed by atoms with van der Waals surface area (Å²) in [5.41, 5.74) is 3.60. The molecule has 0 heterocycles. The second kappa shape index (κ2) is 9.62. The van der Waals surface area contributed by atoms with Gasteiger partial charge < -0.3 is 25.6 Å². The van der Waals surface area contributed by atoms with Gasteiger partial charge in [0.05, 0.1) is 12.0 Å². The molecule has 4 N–H and O–H groups in total. The quantitative estimate of drug-likeness (QED) is 0.488. The topological polar surface area (TPSA) is 125 Å². The standard InChI is InChI=1S/C25H28N2O6/c28-13-21(22(29)30)27-23(31)25(11-5-6-12-25)15-26-24(32)33-14-20-18-9-3-1-7-16(18)17-8-2-4-10-19(17)20/h1-4,7-10,20-21,28H,5-6,11-15H2,(H,26,32)(H,27,31)(H,29,30). The predicted octanol–water partition coefficient (Wildman–Crippen LogP) is 2.65. The number of alkyl carbamates (subject to hydrolysis) is 1. The largest absolute Gasteiger partial charge is 0.480 e. The molecule has 0 aliphatic heterocycles. The van der Waals surface area contributed by atoms with Crippen molar-refractivity contribution >= 4 is 18.0 Å². The first-order chi connectivity index (χ1) is 15.9. The van der Waals surface area contributed by atoms with Gasteiger partial charge in [-0.25, -0.2) is 9.59 Å². The highest BCUT2D eigenvalue weighted by molar-refractivity contribution is 5.88. The number of ether oxygens (including phenoxy) is 1. The van der Waals surface area contributed by atoms with E-state index in [1.165, 1.54) is 0 Å². The summed E-state index contributed by atoms with van der Waals surface area (Å²) in [4.78, 5) is 36.5. The zero-order valence-corrected chi connectivity index (χ0v) is 18.3. The average Bonchev–Trinajstić information content (AvgIpc) is 3.43. The summed E-state index contributed by atoms with van der Waals surface area (Å²) in [6.45, 7) is -0.477. The Kier molecular flexibility index (Phi) is 6.65. The summed E-state index contributed by atoms with van der Waals surface area (Å²) in [7, 11) is 0. The lowest BCUT2D eigenvalue weighted by molar-refractivity contribution is -0.145. The molecule has 2 aromatic rings. The number of nitrogens with one attached hydrogen (secondary N) is 2. The third-order valence-electron chi connectivity index (χ3n) is 6.74. The van der Waals surface area contributed by atoms with Gasteiger partial charge in [0.15, 0.2) is 0 Å². The zero-order chi connectivity index (χ0) is 23.4. The number of rotatable bonds is 8. The van der Waals surface area contributed by atoms with Crippen LogP contribution in [0, 0.1) is 5.41 Å². The fraction of sp³-hybridized carbons (Fsp3) is 0.400. The van der Waals surface area contributed by atoms with Crippen molar-refractivity contribution in [3.8, 4) is 11.1 Å². The molecule has 2 aliphatic rings. The van der Waals surface area contributed by atoms with Gasteiger partial charge >= 0.3 is 12.1 Å². The van der Waals surface area contributed by atoms with E-state index in [1.807, 2.05) is 36.4 Å². The van der Waals surface area contributed by atoms with Gasteiger partial charge in [-0.05, 0) is 35.1 Å². The van der Waals surface area contributed by atoms with Crippen molar-refractivity contribution in [1.82, 2.24) is 10.6 Å². The first-order valence-corrected chi connectivity index (χ1v) is 11.2. The lowest BCUT2D eigenvalue weighted by Gasteiger charge is -2.29. The van der Waals surface area contributed by atoms with Gasteiger partial charge in [-0.15, -0.1) is 0 Å². The van der Waals surface area contributed by atoms with Crippen LogP contribution in [0.4, 0.5) is 4.79 Å². The smallest absolute Gasteiger partial charge is 0.407 e. The summed E-state index contributed by atoms with van der Waals surface area (Å²) >= 11 is 0. The van der Waals surface area contributed by atoms with Gasteiger partial charge in [-0.2, -0.15) is 0 Å². The molecule has 2 aromatic carbocycles. The van der Waals surface area contributed by atoms with Gasteiger partial charge in [0.2, 0.25) is 5.91 Å². The van der Waals surface area contributed by atoms with Crippen LogP contribution in [0.1, 0.15) is 42.7 Å². The number of carboxylic acids is 1. The van der Waals surface area contributed by atoms with Crippen molar-refractivity contribution in [2.45, 2.75) is 37.6 Å². The molecule has 174 valence electrons. The summed E-state index contributed by atoms with van der Waals surface area (Å²) in [6.07, 6.45) is 2.04. The van der Waals surface area contributed by atoms with Crippen LogP contribution in [0.25, 0.3) is 11.1 Å². The normalized spacial score (nSPS) is 17.0. The van der Waals surface area contributed by atoms with Crippen LogP contribution < -0.4 is 10.6 Å². The Bertz CT molecular complexity index is 1000. The number of fused-ring (bicyclic) bond motifs is 3. The summed E-state index contributed by atoms with van der Waals surface area (Å²) in [5.74, 6) is -1.84. The Hall–Kier alpha value is -3.39. The maximum absolute atomic E-state index is 12.8. The molecule has 0 spiro atoms. The van der Waals surface area contributed by atoms with Crippen molar-refractivity contribution in [3.63, 3.8) is 0 Å². The Morgan fingerprint density at radius 1 is 1.00 bits per heavy atom. The molecule has 0 radical (unpaired) electrons. The van der Waals surface area contributed by atoms with Crippen LogP contribution >= 0.6 is 0 Å². The Labute approximate surface area is 192 Å². The maximum Gasteiger partial charge on any atom is 0.407 e. The SMILES string of the molecule is O=C(NCC1(C(=O)NC(CO)C(=O)O)CCCC1)OCC1c2ccccc2-c2ccccc21. The number of aliphatic hydroxyl groups excluding tert-OH is 1. The highest BCUT2D eigenvalue weighted by Crippen LogP contribution is 2.44. The van der Waals surface area contributed by atoms with E-state index >= 15 is 0 Å². The molecule has 33 heavy (non-hydrogen) atoms. The van der Waals surface area contributed by atoms with Crippen molar-refractivity contribution in [2.75, 3.05) is 19.8 Å². The van der Waals surface area contributed by atoms with E-state index in [0.29, 0.717) is 12.8 Å². The van der Waals surface area contributed by atoms with E-state index in [-0.39, 0.29) is 19.1 Å². The van der Waals surface area contributed by atoms with Crippen molar-refractivity contribution in [2.24, 2.45) is 5.41 Å². The number of carbonyl (C=O) groups is 3. The van der Waals surface area contributed by atoms with Crippen molar-refractivity contribution in [1.29, 1.82) is 0 Å². The average molecular weight is 453 g/mol. The number of carboxylic acid groups (broad SMARTS) is 1. The Morgan fingerprint density at radius 3 is 2.12 bits per heavy atom. The van der Waals surface area contributed by atoms with E-state index < -0.39 is 36.0 Å². The number of aliphatic carboxylic acids is 1. The molecular weight excluding hydrogens is 424 g/mol. The van der Waals surface area contributed by atoms with Gasteiger partial charge in [-0.3, -0.25) is 4.79 Å². The van der Waals surface area contributed by atoms with Gasteiger partial charge in [0.25, 0.3) is 0 Å². The first-order valence-electron chi connectivity index (χ1n) is 11.2.